The smallest absolute Gasteiger partial charge is 0.368 e. The van der Waals surface area contributed by atoms with E-state index in [-0.39, 0.29) is 10.6 Å². The van der Waals surface area contributed by atoms with Crippen LogP contribution in [0, 0.1) is 0 Å². The molecule has 1 aromatic carbocycles. The Morgan fingerprint density at radius 1 is 1.40 bits per heavy atom. The molecule has 0 unspecified atom stereocenters. The molecule has 12 heteroatoms. The number of amides is 2. The van der Waals surface area contributed by atoms with Crippen LogP contribution in [0.2, 0.25) is 0 Å². The van der Waals surface area contributed by atoms with Gasteiger partial charge in [-0.1, -0.05) is 0 Å². The Morgan fingerprint density at radius 2 is 2.04 bits per heavy atom. The van der Waals surface area contributed by atoms with Crippen LogP contribution >= 0.6 is 11.8 Å². The average molecular weight is 397 g/mol. The quantitative estimate of drug-likeness (QED) is 0.684. The van der Waals surface area contributed by atoms with E-state index < -0.39 is 50.6 Å². The molecule has 25 heavy (non-hydrogen) atoms. The number of nitrogens with one attached hydrogen (secondary N) is 2. The van der Waals surface area contributed by atoms with Crippen LogP contribution in [0.1, 0.15) is 12.5 Å². The SMILES string of the molecule is C[C@H](NC(=O)[C@@H]1CSc2ccc(C(F)(F)F)cc2S(=O)(=O)N1)C(N)=O. The number of carbonyl (C=O) groups is 2. The highest BCUT2D eigenvalue weighted by Gasteiger charge is 2.36. The molecular formula is C13H14F3N3O4S2. The lowest BCUT2D eigenvalue weighted by Gasteiger charge is -2.17. The van der Waals surface area contributed by atoms with E-state index in [2.05, 4.69) is 10.0 Å². The van der Waals surface area contributed by atoms with Crippen molar-refractivity contribution in [1.29, 1.82) is 0 Å². The molecule has 4 N–H and O–H groups in total. The predicted octanol–water partition coefficient (Wildman–Crippen LogP) is 0.448. The summed E-state index contributed by atoms with van der Waals surface area (Å²) < 4.78 is 65.2. The standard InChI is InChI=1S/C13H14F3N3O4S2/c1-6(11(17)20)18-12(21)8-5-24-9-3-2-7(13(14,15)16)4-10(9)25(22,23)19-8/h2-4,6,8,19H,5H2,1H3,(H2,17,20)(H,18,21)/t6-,8-/m0/s1. The van der Waals surface area contributed by atoms with Gasteiger partial charge in [-0.05, 0) is 25.1 Å². The summed E-state index contributed by atoms with van der Waals surface area (Å²) in [6.45, 7) is 1.32. The van der Waals surface area contributed by atoms with E-state index in [4.69, 9.17) is 5.73 Å². The number of benzene rings is 1. The molecule has 0 fully saturated rings. The van der Waals surface area contributed by atoms with Crippen molar-refractivity contribution >= 4 is 33.6 Å². The molecule has 1 aromatic rings. The van der Waals surface area contributed by atoms with Crippen molar-refractivity contribution in [3.8, 4) is 0 Å². The monoisotopic (exact) mass is 397 g/mol. The van der Waals surface area contributed by atoms with Gasteiger partial charge in [0.05, 0.1) is 10.5 Å². The lowest BCUT2D eigenvalue weighted by molar-refractivity contribution is -0.137. The third-order valence-corrected chi connectivity index (χ3v) is 6.17. The van der Waals surface area contributed by atoms with Gasteiger partial charge in [-0.3, -0.25) is 9.59 Å². The van der Waals surface area contributed by atoms with Crippen LogP contribution in [-0.2, 0) is 25.8 Å². The first-order valence-corrected chi connectivity index (χ1v) is 9.35. The molecular weight excluding hydrogens is 383 g/mol. The van der Waals surface area contributed by atoms with Crippen LogP contribution in [0.3, 0.4) is 0 Å². The summed E-state index contributed by atoms with van der Waals surface area (Å²) in [5.74, 6) is -1.67. The minimum Gasteiger partial charge on any atom is -0.368 e. The molecule has 2 amide bonds. The molecule has 0 bridgehead atoms. The molecule has 7 nitrogen and oxygen atoms in total. The Kier molecular flexibility index (Phi) is 5.35. The fraction of sp³-hybridized carbons (Fsp3) is 0.385. The molecule has 1 heterocycles. The number of hydrogen-bond acceptors (Lipinski definition) is 5. The summed E-state index contributed by atoms with van der Waals surface area (Å²) >= 11 is 0.917. The summed E-state index contributed by atoms with van der Waals surface area (Å²) in [5.41, 5.74) is 3.91. The first-order chi connectivity index (χ1) is 11.4. The number of halogens is 3. The van der Waals surface area contributed by atoms with E-state index >= 15 is 0 Å². The molecule has 2 rings (SSSR count). The second-order valence-electron chi connectivity index (χ2n) is 5.28. The van der Waals surface area contributed by atoms with Gasteiger partial charge in [0.15, 0.2) is 0 Å². The van der Waals surface area contributed by atoms with Crippen LogP contribution in [0.5, 0.6) is 0 Å². The Morgan fingerprint density at radius 3 is 2.60 bits per heavy atom. The maximum absolute atomic E-state index is 12.8. The Balaban J connectivity index is 2.31. The van der Waals surface area contributed by atoms with Gasteiger partial charge < -0.3 is 11.1 Å². The van der Waals surface area contributed by atoms with Gasteiger partial charge in [0, 0.05) is 10.6 Å². The number of sulfonamides is 1. The third kappa shape index (κ3) is 4.44. The molecule has 0 spiro atoms. The maximum Gasteiger partial charge on any atom is 0.416 e. The summed E-state index contributed by atoms with van der Waals surface area (Å²) in [4.78, 5) is 22.6. The molecule has 1 aliphatic heterocycles. The first kappa shape index (κ1) is 19.5. The molecule has 138 valence electrons. The average Bonchev–Trinajstić information content (AvgIpc) is 2.62. The van der Waals surface area contributed by atoms with Gasteiger partial charge in [0.2, 0.25) is 21.8 Å². The molecule has 1 aliphatic rings. The van der Waals surface area contributed by atoms with Gasteiger partial charge in [-0.15, -0.1) is 11.8 Å². The number of hydrogen-bond donors (Lipinski definition) is 3. The van der Waals surface area contributed by atoms with Gasteiger partial charge in [0.25, 0.3) is 0 Å². The van der Waals surface area contributed by atoms with Gasteiger partial charge in [0.1, 0.15) is 12.1 Å². The summed E-state index contributed by atoms with van der Waals surface area (Å²) in [6, 6.07) is 0.0606. The van der Waals surface area contributed by atoms with E-state index in [0.717, 1.165) is 23.9 Å². The Bertz CT molecular complexity index is 811. The first-order valence-electron chi connectivity index (χ1n) is 6.88. The lowest BCUT2D eigenvalue weighted by atomic mass is 10.2. The summed E-state index contributed by atoms with van der Waals surface area (Å²) in [5, 5.41) is 2.24. The predicted molar refractivity (Wildman–Crippen MR) is 83.1 cm³/mol. The van der Waals surface area contributed by atoms with Crippen molar-refractivity contribution < 1.29 is 31.2 Å². The molecule has 0 saturated carbocycles. The minimum absolute atomic E-state index is 0.0606. The van der Waals surface area contributed by atoms with Gasteiger partial charge >= 0.3 is 6.18 Å². The van der Waals surface area contributed by atoms with Crippen molar-refractivity contribution in [2.24, 2.45) is 5.73 Å². The number of thioether (sulfide) groups is 1. The highest BCUT2D eigenvalue weighted by Crippen LogP contribution is 2.36. The van der Waals surface area contributed by atoms with Crippen LogP contribution in [0.25, 0.3) is 0 Å². The van der Waals surface area contributed by atoms with Crippen molar-refractivity contribution in [3.63, 3.8) is 0 Å². The topological polar surface area (TPSA) is 118 Å². The van der Waals surface area contributed by atoms with Gasteiger partial charge in [-0.2, -0.15) is 17.9 Å². The van der Waals surface area contributed by atoms with E-state index in [1.165, 1.54) is 6.92 Å². The zero-order valence-corrected chi connectivity index (χ0v) is 14.4. The molecule has 0 saturated heterocycles. The van der Waals surface area contributed by atoms with E-state index in [9.17, 15) is 31.2 Å². The van der Waals surface area contributed by atoms with Crippen molar-refractivity contribution in [2.45, 2.75) is 35.0 Å². The van der Waals surface area contributed by atoms with Crippen LogP contribution in [-0.4, -0.2) is 38.1 Å². The molecule has 2 atom stereocenters. The van der Waals surface area contributed by atoms with E-state index in [1.807, 2.05) is 0 Å². The summed E-state index contributed by atoms with van der Waals surface area (Å²) in [6.07, 6.45) is -4.70. The second kappa shape index (κ2) is 6.84. The third-order valence-electron chi connectivity index (χ3n) is 3.37. The van der Waals surface area contributed by atoms with Gasteiger partial charge in [-0.25, -0.2) is 8.42 Å². The van der Waals surface area contributed by atoms with Crippen LogP contribution < -0.4 is 15.8 Å². The summed E-state index contributed by atoms with van der Waals surface area (Å²) in [7, 11) is -4.36. The number of rotatable bonds is 3. The zero-order chi connectivity index (χ0) is 19.0. The fourth-order valence-electron chi connectivity index (χ4n) is 1.99. The Hall–Kier alpha value is -1.79. The Labute approximate surface area is 145 Å². The molecule has 0 aliphatic carbocycles. The number of nitrogens with two attached hydrogens (primary N) is 1. The number of carbonyl (C=O) groups excluding carboxylic acids is 2. The normalized spacial score (nSPS) is 20.9. The van der Waals surface area contributed by atoms with E-state index in [1.54, 1.807) is 0 Å². The zero-order valence-electron chi connectivity index (χ0n) is 12.8. The highest BCUT2D eigenvalue weighted by molar-refractivity contribution is 8.00. The second-order valence-corrected chi connectivity index (χ2v) is 8.02. The largest absolute Gasteiger partial charge is 0.416 e. The van der Waals surface area contributed by atoms with E-state index in [0.29, 0.717) is 6.07 Å². The number of primary amides is 1. The van der Waals surface area contributed by atoms with Crippen molar-refractivity contribution in [1.82, 2.24) is 10.0 Å². The van der Waals surface area contributed by atoms with Crippen molar-refractivity contribution in [3.05, 3.63) is 23.8 Å². The molecule has 0 radical (unpaired) electrons. The van der Waals surface area contributed by atoms with Crippen molar-refractivity contribution in [2.75, 3.05) is 5.75 Å². The van der Waals surface area contributed by atoms with Crippen LogP contribution in [0.4, 0.5) is 13.2 Å². The molecule has 0 aromatic heterocycles. The maximum atomic E-state index is 12.8. The highest BCUT2D eigenvalue weighted by atomic mass is 32.2. The number of alkyl halides is 3. The fourth-order valence-corrected chi connectivity index (χ4v) is 4.85. The number of fused-ring (bicyclic) bond motifs is 1. The minimum atomic E-state index is -4.70. The lowest BCUT2D eigenvalue weighted by Crippen LogP contribution is -2.52. The van der Waals surface area contributed by atoms with Crippen LogP contribution in [0.15, 0.2) is 28.0 Å².